The van der Waals surface area contributed by atoms with Crippen molar-refractivity contribution in [1.29, 1.82) is 0 Å². The minimum Gasteiger partial charge on any atom is -0.241 e. The van der Waals surface area contributed by atoms with Crippen LogP contribution in [0.15, 0.2) is 47.6 Å². The second kappa shape index (κ2) is 5.64. The van der Waals surface area contributed by atoms with Crippen LogP contribution < -0.4 is 4.72 Å². The molecular weight excluding hydrogens is 291 g/mol. The van der Waals surface area contributed by atoms with Crippen LogP contribution in [0.3, 0.4) is 0 Å². The van der Waals surface area contributed by atoms with Gasteiger partial charge in [-0.2, -0.15) is 0 Å². The molecule has 2 aromatic rings. The van der Waals surface area contributed by atoms with Gasteiger partial charge < -0.3 is 0 Å². The van der Waals surface area contributed by atoms with Crippen molar-refractivity contribution in [3.05, 3.63) is 59.0 Å². The van der Waals surface area contributed by atoms with Crippen molar-refractivity contribution >= 4 is 21.6 Å². The Hall–Kier alpha value is -1.50. The van der Waals surface area contributed by atoms with Crippen LogP contribution in [-0.4, -0.2) is 13.4 Å². The second-order valence-electron chi connectivity index (χ2n) is 3.71. The molecule has 1 aromatic heterocycles. The Morgan fingerprint density at radius 3 is 2.63 bits per heavy atom. The molecule has 1 heterocycles. The van der Waals surface area contributed by atoms with Crippen LogP contribution in [-0.2, 0) is 16.6 Å². The van der Waals surface area contributed by atoms with Crippen molar-refractivity contribution in [1.82, 2.24) is 9.71 Å². The molecule has 19 heavy (non-hydrogen) atoms. The fraction of sp³-hybridized carbons (Fsp3) is 0.0833. The van der Waals surface area contributed by atoms with Crippen LogP contribution in [0.5, 0.6) is 0 Å². The molecule has 7 heteroatoms. The zero-order valence-corrected chi connectivity index (χ0v) is 11.2. The van der Waals surface area contributed by atoms with Crippen LogP contribution in [0.1, 0.15) is 5.56 Å². The zero-order valence-electron chi connectivity index (χ0n) is 9.68. The smallest absolute Gasteiger partial charge is 0.241 e. The predicted octanol–water partition coefficient (Wildman–Crippen LogP) is 2.35. The van der Waals surface area contributed by atoms with Gasteiger partial charge in [-0.05, 0) is 23.8 Å². The molecule has 0 aliphatic carbocycles. The van der Waals surface area contributed by atoms with E-state index in [1.54, 1.807) is 24.3 Å². The molecule has 4 nitrogen and oxygen atoms in total. The van der Waals surface area contributed by atoms with Crippen molar-refractivity contribution in [2.45, 2.75) is 11.6 Å². The average Bonchev–Trinajstić information content (AvgIpc) is 2.38. The van der Waals surface area contributed by atoms with E-state index in [-0.39, 0.29) is 6.54 Å². The van der Waals surface area contributed by atoms with E-state index in [0.29, 0.717) is 10.6 Å². The largest absolute Gasteiger partial charge is 0.261 e. The number of nitrogens with one attached hydrogen (secondary N) is 1. The van der Waals surface area contributed by atoms with Crippen LogP contribution in [0.25, 0.3) is 0 Å². The van der Waals surface area contributed by atoms with Crippen molar-refractivity contribution in [3.8, 4) is 0 Å². The minimum absolute atomic E-state index is 0.0297. The quantitative estimate of drug-likeness (QED) is 0.943. The number of nitrogens with zero attached hydrogens (tertiary/aromatic N) is 1. The van der Waals surface area contributed by atoms with Crippen LogP contribution in [0.2, 0.25) is 5.02 Å². The first kappa shape index (κ1) is 13.9. The summed E-state index contributed by atoms with van der Waals surface area (Å²) < 4.78 is 39.4. The highest BCUT2D eigenvalue weighted by Gasteiger charge is 2.20. The van der Waals surface area contributed by atoms with Crippen molar-refractivity contribution in [3.63, 3.8) is 0 Å². The minimum atomic E-state index is -4.00. The molecule has 0 unspecified atom stereocenters. The fourth-order valence-corrected chi connectivity index (χ4v) is 2.66. The van der Waals surface area contributed by atoms with Gasteiger partial charge >= 0.3 is 0 Å². The molecule has 0 saturated heterocycles. The second-order valence-corrected chi connectivity index (χ2v) is 5.80. The Bertz CT molecular complexity index is 692. The lowest BCUT2D eigenvalue weighted by Crippen LogP contribution is -2.25. The number of sulfonamides is 1. The highest BCUT2D eigenvalue weighted by atomic mass is 35.5. The first-order chi connectivity index (χ1) is 9.00. The van der Waals surface area contributed by atoms with E-state index in [1.165, 1.54) is 12.3 Å². The molecule has 0 radical (unpaired) electrons. The van der Waals surface area contributed by atoms with E-state index in [9.17, 15) is 12.8 Å². The first-order valence-electron chi connectivity index (χ1n) is 5.34. The summed E-state index contributed by atoms with van der Waals surface area (Å²) in [7, 11) is -4.00. The van der Waals surface area contributed by atoms with Gasteiger partial charge in [0.1, 0.15) is 0 Å². The molecule has 100 valence electrons. The zero-order chi connectivity index (χ0) is 13.9. The van der Waals surface area contributed by atoms with Crippen molar-refractivity contribution in [2.75, 3.05) is 0 Å². The van der Waals surface area contributed by atoms with Crippen molar-refractivity contribution < 1.29 is 12.8 Å². The average molecular weight is 301 g/mol. The van der Waals surface area contributed by atoms with Gasteiger partial charge in [0.15, 0.2) is 5.82 Å². The highest BCUT2D eigenvalue weighted by Crippen LogP contribution is 2.16. The van der Waals surface area contributed by atoms with Gasteiger partial charge in [-0.3, -0.25) is 0 Å². The summed E-state index contributed by atoms with van der Waals surface area (Å²) in [6.07, 6.45) is 1.22. The maximum absolute atomic E-state index is 13.4. The summed E-state index contributed by atoms with van der Waals surface area (Å²) in [6.45, 7) is -0.0297. The molecule has 1 N–H and O–H groups in total. The fourth-order valence-electron chi connectivity index (χ4n) is 1.45. The van der Waals surface area contributed by atoms with Crippen molar-refractivity contribution in [2.24, 2.45) is 0 Å². The summed E-state index contributed by atoms with van der Waals surface area (Å²) in [5, 5.41) is -0.186. The Morgan fingerprint density at radius 2 is 1.95 bits per heavy atom. The highest BCUT2D eigenvalue weighted by molar-refractivity contribution is 7.89. The molecule has 0 spiro atoms. The van der Waals surface area contributed by atoms with E-state index < -0.39 is 20.9 Å². The Balaban J connectivity index is 2.20. The normalized spacial score (nSPS) is 11.5. The number of halogens is 2. The number of hydrogen-bond acceptors (Lipinski definition) is 3. The third-order valence-electron chi connectivity index (χ3n) is 2.39. The molecule has 1 aromatic carbocycles. The summed E-state index contributed by atoms with van der Waals surface area (Å²) in [4.78, 5) is 3.53. The van der Waals surface area contributed by atoms with Gasteiger partial charge in [0.25, 0.3) is 10.0 Å². The van der Waals surface area contributed by atoms with Gasteiger partial charge in [-0.1, -0.05) is 29.8 Å². The lowest BCUT2D eigenvalue weighted by Gasteiger charge is -2.07. The molecule has 0 saturated carbocycles. The molecule has 0 fully saturated rings. The third kappa shape index (κ3) is 3.28. The number of benzene rings is 1. The Kier molecular flexibility index (Phi) is 4.14. The number of rotatable bonds is 4. The van der Waals surface area contributed by atoms with E-state index in [0.717, 1.165) is 6.07 Å². The van der Waals surface area contributed by atoms with Crippen LogP contribution in [0, 0.1) is 5.82 Å². The SMILES string of the molecule is O=S(=O)(NCc1ccccc1Cl)c1ncccc1F. The van der Waals surface area contributed by atoms with Gasteiger partial charge in [0, 0.05) is 17.8 Å². The van der Waals surface area contributed by atoms with E-state index >= 15 is 0 Å². The molecule has 2 rings (SSSR count). The van der Waals surface area contributed by atoms with Crippen LogP contribution >= 0.6 is 11.6 Å². The van der Waals surface area contributed by atoms with Gasteiger partial charge in [0.05, 0.1) is 0 Å². The van der Waals surface area contributed by atoms with E-state index in [2.05, 4.69) is 9.71 Å². The first-order valence-corrected chi connectivity index (χ1v) is 7.20. The molecule has 0 amide bonds. The summed E-state index contributed by atoms with van der Waals surface area (Å²) in [5.74, 6) is -0.894. The van der Waals surface area contributed by atoms with Gasteiger partial charge in [-0.15, -0.1) is 0 Å². The van der Waals surface area contributed by atoms with Crippen LogP contribution in [0.4, 0.5) is 4.39 Å². The number of aromatic nitrogens is 1. The summed E-state index contributed by atoms with van der Waals surface area (Å²) in [6, 6.07) is 9.15. The maximum atomic E-state index is 13.4. The summed E-state index contributed by atoms with van der Waals surface area (Å²) in [5.41, 5.74) is 0.601. The molecule has 0 aliphatic rings. The molecule has 0 atom stereocenters. The third-order valence-corrected chi connectivity index (χ3v) is 4.09. The molecule has 0 aliphatic heterocycles. The lowest BCUT2D eigenvalue weighted by atomic mass is 10.2. The predicted molar refractivity (Wildman–Crippen MR) is 69.7 cm³/mol. The Morgan fingerprint density at radius 1 is 1.21 bits per heavy atom. The van der Waals surface area contributed by atoms with Gasteiger partial charge in [0.2, 0.25) is 5.03 Å². The molecular formula is C12H10ClFN2O2S. The standard InChI is InChI=1S/C12H10ClFN2O2S/c13-10-5-2-1-4-9(10)8-16-19(17,18)12-11(14)6-3-7-15-12/h1-7,16H,8H2. The number of hydrogen-bond donors (Lipinski definition) is 1. The maximum Gasteiger partial charge on any atom is 0.261 e. The Labute approximate surface area is 115 Å². The molecule has 0 bridgehead atoms. The monoisotopic (exact) mass is 300 g/mol. The van der Waals surface area contributed by atoms with E-state index in [4.69, 9.17) is 11.6 Å². The topological polar surface area (TPSA) is 59.1 Å². The lowest BCUT2D eigenvalue weighted by molar-refractivity contribution is 0.544. The van der Waals surface area contributed by atoms with E-state index in [1.807, 2.05) is 0 Å². The number of pyridine rings is 1. The summed E-state index contributed by atoms with van der Waals surface area (Å²) >= 11 is 5.91. The van der Waals surface area contributed by atoms with Gasteiger partial charge in [-0.25, -0.2) is 22.5 Å².